The molecule has 15 heavy (non-hydrogen) atoms. The lowest BCUT2D eigenvalue weighted by Gasteiger charge is -2.12. The fourth-order valence-corrected chi connectivity index (χ4v) is 1.97. The molecule has 0 bridgehead atoms. The number of carboxylic acids is 1. The maximum absolute atomic E-state index is 13.5. The van der Waals surface area contributed by atoms with Gasteiger partial charge in [0, 0.05) is 11.6 Å². The van der Waals surface area contributed by atoms with Gasteiger partial charge in [-0.3, -0.25) is 4.79 Å². The zero-order chi connectivity index (χ0) is 11.2. The van der Waals surface area contributed by atoms with E-state index in [0.29, 0.717) is 17.3 Å². The maximum Gasteiger partial charge on any atom is 0.314 e. The first-order valence-corrected chi connectivity index (χ1v) is 5.18. The Morgan fingerprint density at radius 1 is 1.47 bits per heavy atom. The Hall–Kier alpha value is -1.10. The smallest absolute Gasteiger partial charge is 0.314 e. The number of halogens is 2. The van der Waals surface area contributed by atoms with Crippen LogP contribution in [0.2, 0.25) is 0 Å². The lowest BCUT2D eigenvalue weighted by molar-refractivity contribution is -0.140. The van der Waals surface area contributed by atoms with Gasteiger partial charge in [-0.15, -0.1) is 0 Å². The summed E-state index contributed by atoms with van der Waals surface area (Å²) in [5.74, 6) is -1.91. The van der Waals surface area contributed by atoms with E-state index in [1.54, 1.807) is 0 Å². The van der Waals surface area contributed by atoms with Gasteiger partial charge in [0.2, 0.25) is 0 Å². The molecule has 0 unspecified atom stereocenters. The van der Waals surface area contributed by atoms with Crippen LogP contribution in [-0.2, 0) is 10.2 Å². The van der Waals surface area contributed by atoms with Gasteiger partial charge < -0.3 is 10.2 Å². The summed E-state index contributed by atoms with van der Waals surface area (Å²) in [6.45, 7) is 0. The number of phenolic OH excluding ortho intramolecular Hbond substituents is 1. The normalized spacial score (nSPS) is 17.5. The quantitative estimate of drug-likeness (QED) is 0.871. The van der Waals surface area contributed by atoms with Crippen molar-refractivity contribution in [1.82, 2.24) is 0 Å². The van der Waals surface area contributed by atoms with Crippen molar-refractivity contribution in [3.05, 3.63) is 28.0 Å². The Kier molecular flexibility index (Phi) is 2.22. The van der Waals surface area contributed by atoms with Gasteiger partial charge in [0.1, 0.15) is 11.6 Å². The number of benzene rings is 1. The second-order valence-corrected chi connectivity index (χ2v) is 4.53. The molecule has 1 aromatic carbocycles. The highest BCUT2D eigenvalue weighted by atomic mass is 79.9. The molecular weight excluding hydrogens is 267 g/mol. The first kappa shape index (κ1) is 10.4. The van der Waals surface area contributed by atoms with Crippen LogP contribution in [0.5, 0.6) is 5.75 Å². The van der Waals surface area contributed by atoms with E-state index in [1.165, 1.54) is 6.07 Å². The first-order chi connectivity index (χ1) is 6.97. The molecule has 1 saturated carbocycles. The van der Waals surface area contributed by atoms with Crippen molar-refractivity contribution in [2.75, 3.05) is 0 Å². The SMILES string of the molecule is O=C(O)C1(c2cc(Br)c(O)cc2F)CC1. The van der Waals surface area contributed by atoms with E-state index in [1.807, 2.05) is 0 Å². The topological polar surface area (TPSA) is 57.5 Å². The summed E-state index contributed by atoms with van der Waals surface area (Å²) in [5, 5.41) is 18.2. The minimum Gasteiger partial charge on any atom is -0.507 e. The van der Waals surface area contributed by atoms with E-state index in [-0.39, 0.29) is 11.3 Å². The highest BCUT2D eigenvalue weighted by molar-refractivity contribution is 9.10. The van der Waals surface area contributed by atoms with E-state index < -0.39 is 17.2 Å². The fourth-order valence-electron chi connectivity index (χ4n) is 1.63. The highest BCUT2D eigenvalue weighted by Gasteiger charge is 2.53. The second-order valence-electron chi connectivity index (χ2n) is 3.67. The number of hydrogen-bond acceptors (Lipinski definition) is 2. The number of aromatic hydroxyl groups is 1. The molecule has 0 aliphatic heterocycles. The van der Waals surface area contributed by atoms with Crippen molar-refractivity contribution >= 4 is 21.9 Å². The summed E-state index contributed by atoms with van der Waals surface area (Å²) < 4.78 is 13.8. The van der Waals surface area contributed by atoms with E-state index in [4.69, 9.17) is 5.11 Å². The maximum atomic E-state index is 13.5. The average Bonchev–Trinajstić information content (AvgIpc) is 2.92. The molecule has 5 heteroatoms. The third-order valence-corrected chi connectivity index (χ3v) is 3.35. The van der Waals surface area contributed by atoms with Crippen LogP contribution in [0.25, 0.3) is 0 Å². The van der Waals surface area contributed by atoms with Crippen LogP contribution in [0.1, 0.15) is 18.4 Å². The zero-order valence-corrected chi connectivity index (χ0v) is 9.21. The number of hydrogen-bond donors (Lipinski definition) is 2. The lowest BCUT2D eigenvalue weighted by Crippen LogP contribution is -2.20. The summed E-state index contributed by atoms with van der Waals surface area (Å²) in [4.78, 5) is 11.0. The van der Waals surface area contributed by atoms with Crippen molar-refractivity contribution in [2.45, 2.75) is 18.3 Å². The minimum atomic E-state index is -1.08. The van der Waals surface area contributed by atoms with Gasteiger partial charge in [0.15, 0.2) is 0 Å². The molecule has 1 aromatic rings. The monoisotopic (exact) mass is 274 g/mol. The van der Waals surface area contributed by atoms with Crippen LogP contribution in [0.4, 0.5) is 4.39 Å². The molecule has 80 valence electrons. The lowest BCUT2D eigenvalue weighted by atomic mass is 9.95. The molecule has 0 atom stereocenters. The van der Waals surface area contributed by atoms with Gasteiger partial charge in [-0.05, 0) is 34.8 Å². The van der Waals surface area contributed by atoms with Crippen molar-refractivity contribution in [1.29, 1.82) is 0 Å². The number of aliphatic carboxylic acids is 1. The molecule has 0 spiro atoms. The highest BCUT2D eigenvalue weighted by Crippen LogP contribution is 2.50. The molecule has 0 saturated heterocycles. The molecule has 0 radical (unpaired) electrons. The molecule has 1 aliphatic rings. The number of carbonyl (C=O) groups is 1. The number of rotatable bonds is 2. The summed E-state index contributed by atoms with van der Waals surface area (Å²) in [6, 6.07) is 2.27. The molecule has 0 heterocycles. The Labute approximate surface area is 93.7 Å². The summed E-state index contributed by atoms with van der Waals surface area (Å²) >= 11 is 3.04. The van der Waals surface area contributed by atoms with Crippen LogP contribution in [0.15, 0.2) is 16.6 Å². The molecule has 0 amide bonds. The average molecular weight is 275 g/mol. The van der Waals surface area contributed by atoms with Crippen LogP contribution >= 0.6 is 15.9 Å². The van der Waals surface area contributed by atoms with Crippen LogP contribution in [0.3, 0.4) is 0 Å². The Balaban J connectivity index is 2.54. The molecule has 3 nitrogen and oxygen atoms in total. The molecule has 2 N–H and O–H groups in total. The molecule has 1 aliphatic carbocycles. The van der Waals surface area contributed by atoms with Crippen LogP contribution < -0.4 is 0 Å². The van der Waals surface area contributed by atoms with Crippen molar-refractivity contribution in [3.8, 4) is 5.75 Å². The Bertz CT molecular complexity index is 441. The molecular formula is C10H8BrFO3. The third kappa shape index (κ3) is 1.51. The van der Waals surface area contributed by atoms with Crippen molar-refractivity contribution in [3.63, 3.8) is 0 Å². The number of carboxylic acid groups (broad SMARTS) is 1. The van der Waals surface area contributed by atoms with E-state index in [9.17, 15) is 14.3 Å². The van der Waals surface area contributed by atoms with Gasteiger partial charge >= 0.3 is 5.97 Å². The van der Waals surface area contributed by atoms with Gasteiger partial charge in [0.05, 0.1) is 9.89 Å². The summed E-state index contributed by atoms with van der Waals surface area (Å²) in [5.41, 5.74) is -0.944. The van der Waals surface area contributed by atoms with Crippen molar-refractivity contribution in [2.24, 2.45) is 0 Å². The van der Waals surface area contributed by atoms with Gasteiger partial charge in [0.25, 0.3) is 0 Å². The van der Waals surface area contributed by atoms with Gasteiger partial charge in [-0.1, -0.05) is 0 Å². The van der Waals surface area contributed by atoms with Crippen LogP contribution in [-0.4, -0.2) is 16.2 Å². The predicted molar refractivity (Wildman–Crippen MR) is 54.3 cm³/mol. The number of phenols is 1. The largest absolute Gasteiger partial charge is 0.507 e. The minimum absolute atomic E-state index is 0.139. The summed E-state index contributed by atoms with van der Waals surface area (Å²) in [7, 11) is 0. The van der Waals surface area contributed by atoms with E-state index in [0.717, 1.165) is 6.07 Å². The molecule has 0 aromatic heterocycles. The summed E-state index contributed by atoms with van der Waals surface area (Å²) in [6.07, 6.45) is 0.882. The third-order valence-electron chi connectivity index (χ3n) is 2.71. The van der Waals surface area contributed by atoms with E-state index >= 15 is 0 Å². The first-order valence-electron chi connectivity index (χ1n) is 4.39. The predicted octanol–water partition coefficient (Wildman–Crippen LogP) is 2.41. The molecule has 1 fully saturated rings. The Morgan fingerprint density at radius 2 is 2.07 bits per heavy atom. The Morgan fingerprint density at radius 3 is 2.53 bits per heavy atom. The zero-order valence-electron chi connectivity index (χ0n) is 7.63. The van der Waals surface area contributed by atoms with Gasteiger partial charge in [-0.25, -0.2) is 4.39 Å². The van der Waals surface area contributed by atoms with E-state index in [2.05, 4.69) is 15.9 Å². The van der Waals surface area contributed by atoms with Gasteiger partial charge in [-0.2, -0.15) is 0 Å². The standard InChI is InChI=1S/C10H8BrFO3/c11-6-3-5(7(12)4-8(6)13)10(1-2-10)9(14)15/h3-4,13H,1-2H2,(H,14,15). The molecule has 2 rings (SSSR count). The van der Waals surface area contributed by atoms with Crippen LogP contribution in [0, 0.1) is 5.82 Å². The van der Waals surface area contributed by atoms with Crippen molar-refractivity contribution < 1.29 is 19.4 Å². The second kappa shape index (κ2) is 3.20. The fraction of sp³-hybridized carbons (Fsp3) is 0.300.